The minimum absolute atomic E-state index is 0.0318. The van der Waals surface area contributed by atoms with E-state index in [0.29, 0.717) is 6.04 Å². The molecule has 1 aliphatic heterocycles. The van der Waals surface area contributed by atoms with Gasteiger partial charge >= 0.3 is 23.9 Å². The van der Waals surface area contributed by atoms with Crippen molar-refractivity contribution in [3.8, 4) is 0 Å². The van der Waals surface area contributed by atoms with Gasteiger partial charge in [-0.3, -0.25) is 9.88 Å². The number of aliphatic hydroxyl groups excluding tert-OH is 2. The first-order chi connectivity index (χ1) is 18.3. The normalized spacial score (nSPS) is 16.3. The molecule has 2 heterocycles. The Labute approximate surface area is 219 Å². The number of hydrogen-bond donors (Lipinski definition) is 2. The average Bonchev–Trinajstić information content (AvgIpc) is 3.39. The van der Waals surface area contributed by atoms with Crippen LogP contribution in [-0.2, 0) is 19.1 Å². The van der Waals surface area contributed by atoms with Crippen LogP contribution in [0.1, 0.15) is 45.2 Å². The number of rotatable bonds is 6. The van der Waals surface area contributed by atoms with Crippen LogP contribution in [0.25, 0.3) is 0 Å². The zero-order valence-corrected chi connectivity index (χ0v) is 20.7. The molecule has 0 saturated carbocycles. The molecule has 1 aliphatic rings. The van der Waals surface area contributed by atoms with Gasteiger partial charge in [-0.2, -0.15) is 0 Å². The Morgan fingerprint density at radius 1 is 0.816 bits per heavy atom. The molecule has 1 saturated heterocycles. The zero-order valence-electron chi connectivity index (χ0n) is 20.7. The number of nitrogens with zero attached hydrogens (tertiary/aromatic N) is 2. The highest BCUT2D eigenvalue weighted by Gasteiger charge is 2.35. The van der Waals surface area contributed by atoms with E-state index in [9.17, 15) is 29.4 Å². The van der Waals surface area contributed by atoms with Crippen molar-refractivity contribution < 1.29 is 38.9 Å². The molecule has 0 spiro atoms. The van der Waals surface area contributed by atoms with Gasteiger partial charge in [0.15, 0.2) is 12.2 Å². The van der Waals surface area contributed by atoms with Crippen LogP contribution in [0.15, 0.2) is 85.2 Å². The van der Waals surface area contributed by atoms with Crippen LogP contribution in [0.5, 0.6) is 0 Å². The molecule has 198 valence electrons. The maximum atomic E-state index is 11.7. The molecule has 0 radical (unpaired) electrons. The molecule has 3 unspecified atom stereocenters. The molecule has 1 fully saturated rings. The molecule has 10 nitrogen and oxygen atoms in total. The molecular weight excluding hydrogens is 492 g/mol. The van der Waals surface area contributed by atoms with Crippen LogP contribution >= 0.6 is 0 Å². The molecule has 38 heavy (non-hydrogen) atoms. The molecule has 0 amide bonds. The maximum absolute atomic E-state index is 11.7. The third-order valence-electron chi connectivity index (χ3n) is 5.78. The van der Waals surface area contributed by atoms with E-state index in [-0.39, 0.29) is 11.1 Å². The molecule has 3 aromatic rings. The predicted molar refractivity (Wildman–Crippen MR) is 135 cm³/mol. The monoisotopic (exact) mass is 520 g/mol. The Morgan fingerprint density at radius 3 is 1.71 bits per heavy atom. The van der Waals surface area contributed by atoms with Gasteiger partial charge in [-0.25, -0.2) is 19.2 Å². The first-order valence-electron chi connectivity index (χ1n) is 11.9. The number of esters is 4. The van der Waals surface area contributed by atoms with Crippen LogP contribution in [0, 0.1) is 0 Å². The lowest BCUT2D eigenvalue weighted by Gasteiger charge is -2.18. The molecule has 2 N–H and O–H groups in total. The summed E-state index contributed by atoms with van der Waals surface area (Å²) in [6, 6.07) is 19.6. The molecular formula is C28H28N2O8. The number of carbonyl (C=O) groups excluding carboxylic acids is 4. The first-order valence-corrected chi connectivity index (χ1v) is 11.9. The Kier molecular flexibility index (Phi) is 10.4. The van der Waals surface area contributed by atoms with Gasteiger partial charge in [-0.15, -0.1) is 0 Å². The Bertz CT molecular complexity index is 1150. The van der Waals surface area contributed by atoms with Gasteiger partial charge in [-0.1, -0.05) is 42.5 Å². The smallest absolute Gasteiger partial charge is 0.346 e. The van der Waals surface area contributed by atoms with E-state index >= 15 is 0 Å². The molecule has 0 aliphatic carbocycles. The van der Waals surface area contributed by atoms with Crippen molar-refractivity contribution in [3.05, 3.63) is 102 Å². The van der Waals surface area contributed by atoms with E-state index in [1.807, 2.05) is 18.5 Å². The number of aliphatic hydroxyl groups is 2. The first kappa shape index (κ1) is 28.3. The second-order valence-electron chi connectivity index (χ2n) is 8.46. The van der Waals surface area contributed by atoms with Crippen molar-refractivity contribution in [3.63, 3.8) is 0 Å². The number of likely N-dealkylation sites (tertiary alicyclic amines) is 1. The van der Waals surface area contributed by atoms with E-state index in [1.54, 1.807) is 12.1 Å². The zero-order chi connectivity index (χ0) is 27.5. The van der Waals surface area contributed by atoms with Gasteiger partial charge in [0.05, 0.1) is 11.1 Å². The van der Waals surface area contributed by atoms with Crippen LogP contribution in [0.2, 0.25) is 0 Å². The SMILES string of the molecule is CN1CCCC1c1cccnc1.O=C(OC(=O)C(O)C(O)C(=O)OC(=O)c1ccccc1)c1ccccc1. The number of aromatic nitrogens is 1. The molecule has 1 aromatic heterocycles. The van der Waals surface area contributed by atoms with Crippen molar-refractivity contribution in [1.82, 2.24) is 9.88 Å². The average molecular weight is 521 g/mol. The number of pyridine rings is 1. The lowest BCUT2D eigenvalue weighted by Crippen LogP contribution is -2.43. The minimum atomic E-state index is -2.40. The molecule has 2 aromatic carbocycles. The Balaban J connectivity index is 0.000000275. The summed E-state index contributed by atoms with van der Waals surface area (Å²) in [5.74, 6) is -5.27. The summed E-state index contributed by atoms with van der Waals surface area (Å²) in [7, 11) is 2.19. The molecule has 10 heteroatoms. The largest absolute Gasteiger partial charge is 0.387 e. The predicted octanol–water partition coefficient (Wildman–Crippen LogP) is 2.32. The van der Waals surface area contributed by atoms with Crippen LogP contribution in [0.3, 0.4) is 0 Å². The van der Waals surface area contributed by atoms with Crippen LogP contribution in [-0.4, -0.2) is 69.8 Å². The highest BCUT2D eigenvalue weighted by atomic mass is 16.6. The number of ether oxygens (including phenoxy) is 2. The van der Waals surface area contributed by atoms with Gasteiger partial charge in [0.2, 0.25) is 0 Å². The fraction of sp³-hybridized carbons (Fsp3) is 0.250. The van der Waals surface area contributed by atoms with Gasteiger partial charge in [0.1, 0.15) is 0 Å². The van der Waals surface area contributed by atoms with Crippen molar-refractivity contribution in [2.75, 3.05) is 13.6 Å². The minimum Gasteiger partial charge on any atom is -0.387 e. The van der Waals surface area contributed by atoms with Crippen molar-refractivity contribution in [1.29, 1.82) is 0 Å². The second kappa shape index (κ2) is 13.9. The third-order valence-corrected chi connectivity index (χ3v) is 5.78. The lowest BCUT2D eigenvalue weighted by atomic mass is 10.1. The standard InChI is InChI=1S/C18H14O8.C10H14N2/c19-13(17(23)25-15(21)11-7-3-1-4-8-11)14(20)18(24)26-16(22)12-9-5-2-6-10-12;1-12-7-3-5-10(12)9-4-2-6-11-8-9/h1-10,13-14,19-20H;2,4,6,8,10H,3,5,7H2,1H3. The van der Waals surface area contributed by atoms with E-state index in [2.05, 4.69) is 32.5 Å². The van der Waals surface area contributed by atoms with E-state index in [0.717, 1.165) is 0 Å². The highest BCUT2D eigenvalue weighted by Crippen LogP contribution is 2.29. The highest BCUT2D eigenvalue weighted by molar-refractivity contribution is 6.01. The van der Waals surface area contributed by atoms with Crippen molar-refractivity contribution >= 4 is 23.9 Å². The van der Waals surface area contributed by atoms with Crippen LogP contribution in [0.4, 0.5) is 0 Å². The fourth-order valence-corrected chi connectivity index (χ4v) is 3.73. The summed E-state index contributed by atoms with van der Waals surface area (Å²) in [6.45, 7) is 1.22. The third kappa shape index (κ3) is 7.87. The summed E-state index contributed by atoms with van der Waals surface area (Å²) >= 11 is 0. The summed E-state index contributed by atoms with van der Waals surface area (Å²) in [4.78, 5) is 53.3. The fourth-order valence-electron chi connectivity index (χ4n) is 3.73. The van der Waals surface area contributed by atoms with E-state index in [4.69, 9.17) is 0 Å². The topological polar surface area (TPSA) is 143 Å². The number of benzene rings is 2. The van der Waals surface area contributed by atoms with Gasteiger partial charge in [0, 0.05) is 18.4 Å². The van der Waals surface area contributed by atoms with E-state index < -0.39 is 36.1 Å². The Morgan fingerprint density at radius 2 is 1.32 bits per heavy atom. The maximum Gasteiger partial charge on any atom is 0.346 e. The summed E-state index contributed by atoms with van der Waals surface area (Å²) in [6.07, 6.45) is 1.60. The lowest BCUT2D eigenvalue weighted by molar-refractivity contribution is -0.166. The van der Waals surface area contributed by atoms with Crippen molar-refractivity contribution in [2.24, 2.45) is 0 Å². The van der Waals surface area contributed by atoms with Crippen molar-refractivity contribution in [2.45, 2.75) is 31.1 Å². The summed E-state index contributed by atoms with van der Waals surface area (Å²) < 4.78 is 8.76. The van der Waals surface area contributed by atoms with Gasteiger partial charge < -0.3 is 19.7 Å². The summed E-state index contributed by atoms with van der Waals surface area (Å²) in [5.41, 5.74) is 1.42. The molecule has 3 atom stereocenters. The summed E-state index contributed by atoms with van der Waals surface area (Å²) in [5, 5.41) is 19.3. The molecule has 4 rings (SSSR count). The number of hydrogen-bond acceptors (Lipinski definition) is 10. The van der Waals surface area contributed by atoms with Crippen LogP contribution < -0.4 is 0 Å². The Hall–Kier alpha value is -4.25. The number of carbonyl (C=O) groups is 4. The quantitative estimate of drug-likeness (QED) is 0.367. The van der Waals surface area contributed by atoms with E-state index in [1.165, 1.54) is 73.5 Å². The van der Waals surface area contributed by atoms with Gasteiger partial charge in [0.25, 0.3) is 0 Å². The van der Waals surface area contributed by atoms with Gasteiger partial charge in [-0.05, 0) is 62.3 Å². The molecule has 0 bridgehead atoms. The second-order valence-corrected chi connectivity index (χ2v) is 8.46.